The molecular formula is C26H33FN4O2. The quantitative estimate of drug-likeness (QED) is 0.582. The van der Waals surface area contributed by atoms with E-state index in [1.54, 1.807) is 31.6 Å². The van der Waals surface area contributed by atoms with Crippen molar-refractivity contribution >= 4 is 5.82 Å². The topological polar surface area (TPSA) is 70.5 Å². The van der Waals surface area contributed by atoms with Gasteiger partial charge in [0.15, 0.2) is 11.6 Å². The molecule has 0 aliphatic carbocycles. The van der Waals surface area contributed by atoms with E-state index in [-0.39, 0.29) is 18.4 Å². The number of aliphatic hydroxyl groups is 1. The van der Waals surface area contributed by atoms with Gasteiger partial charge in [-0.2, -0.15) is 0 Å². The Balaban J connectivity index is 1.36. The molecule has 4 rings (SSSR count). The molecule has 2 aliphatic rings. The molecule has 33 heavy (non-hydrogen) atoms. The number of hydrogen-bond donors (Lipinski definition) is 2. The third-order valence-corrected chi connectivity index (χ3v) is 6.69. The second-order valence-electron chi connectivity index (χ2n) is 9.17. The number of aliphatic hydroxyl groups excluding tert-OH is 1. The molecule has 1 aromatic carbocycles. The molecular weight excluding hydrogens is 419 g/mol. The van der Waals surface area contributed by atoms with Gasteiger partial charge in [0, 0.05) is 31.0 Å². The zero-order chi connectivity index (χ0) is 23.3. The highest BCUT2D eigenvalue weighted by Gasteiger charge is 2.41. The van der Waals surface area contributed by atoms with Crippen LogP contribution in [0.3, 0.4) is 0 Å². The maximum absolute atomic E-state index is 14.5. The maximum Gasteiger partial charge on any atom is 0.180 e. The summed E-state index contributed by atoms with van der Waals surface area (Å²) in [6, 6.07) is 7.57. The first-order valence-corrected chi connectivity index (χ1v) is 11.7. The molecule has 3 atom stereocenters. The van der Waals surface area contributed by atoms with Gasteiger partial charge >= 0.3 is 0 Å². The van der Waals surface area contributed by atoms with Gasteiger partial charge < -0.3 is 20.1 Å². The number of allylic oxidation sites excluding steroid dienone is 3. The molecule has 0 saturated carbocycles. The molecule has 0 amide bonds. The largest absolute Gasteiger partial charge is 0.484 e. The van der Waals surface area contributed by atoms with E-state index in [4.69, 9.17) is 4.74 Å². The third-order valence-electron chi connectivity index (χ3n) is 6.69. The van der Waals surface area contributed by atoms with Crippen molar-refractivity contribution in [3.8, 4) is 5.75 Å². The molecule has 176 valence electrons. The van der Waals surface area contributed by atoms with E-state index in [1.807, 2.05) is 31.2 Å². The summed E-state index contributed by atoms with van der Waals surface area (Å²) >= 11 is 0. The minimum atomic E-state index is -0.596. The Labute approximate surface area is 195 Å². The number of rotatable bonds is 8. The van der Waals surface area contributed by atoms with E-state index < -0.39 is 6.10 Å². The monoisotopic (exact) mass is 452 g/mol. The van der Waals surface area contributed by atoms with Crippen LogP contribution in [0.5, 0.6) is 5.75 Å². The summed E-state index contributed by atoms with van der Waals surface area (Å²) in [5.41, 5.74) is 2.06. The lowest BCUT2D eigenvalue weighted by atomic mass is 9.87. The van der Waals surface area contributed by atoms with Crippen LogP contribution >= 0.6 is 0 Å². The first-order valence-electron chi connectivity index (χ1n) is 11.7. The van der Waals surface area contributed by atoms with Crippen molar-refractivity contribution in [1.29, 1.82) is 0 Å². The Hall–Kier alpha value is -2.77. The molecule has 2 aliphatic heterocycles. The Bertz CT molecular complexity index is 1000. The van der Waals surface area contributed by atoms with E-state index in [9.17, 15) is 9.50 Å². The third kappa shape index (κ3) is 5.60. The van der Waals surface area contributed by atoms with E-state index in [1.165, 1.54) is 12.5 Å². The van der Waals surface area contributed by atoms with E-state index in [0.29, 0.717) is 11.2 Å². The molecule has 0 radical (unpaired) electrons. The molecule has 1 aromatic heterocycles. The molecule has 0 bridgehead atoms. The van der Waals surface area contributed by atoms with E-state index in [0.717, 1.165) is 49.5 Å². The molecule has 6 nitrogen and oxygen atoms in total. The van der Waals surface area contributed by atoms with Crippen LogP contribution in [0.15, 0.2) is 60.8 Å². The zero-order valence-electron chi connectivity index (χ0n) is 19.4. The second kappa shape index (κ2) is 10.4. The van der Waals surface area contributed by atoms with Crippen LogP contribution in [0.4, 0.5) is 10.2 Å². The van der Waals surface area contributed by atoms with Gasteiger partial charge in [-0.3, -0.25) is 0 Å². The number of benzene rings is 1. The van der Waals surface area contributed by atoms with Gasteiger partial charge in [-0.1, -0.05) is 31.2 Å². The fraction of sp³-hybridized carbons (Fsp3) is 0.462. The minimum absolute atomic E-state index is 0.164. The fourth-order valence-electron chi connectivity index (χ4n) is 4.90. The highest BCUT2D eigenvalue weighted by molar-refractivity contribution is 5.52. The van der Waals surface area contributed by atoms with E-state index in [2.05, 4.69) is 20.2 Å². The van der Waals surface area contributed by atoms with Crippen LogP contribution in [0.2, 0.25) is 0 Å². The normalized spacial score (nSPS) is 22.9. The Morgan fingerprint density at radius 1 is 1.30 bits per heavy atom. The fourth-order valence-corrected chi connectivity index (χ4v) is 4.90. The van der Waals surface area contributed by atoms with Crippen LogP contribution in [0.1, 0.15) is 49.8 Å². The SMILES string of the molecule is CC(O)c1ccccc1C(C)/C=C(F)\C=C/COc1cncnc1N1CCC2(CCNC2)C1. The number of nitrogens with zero attached hydrogens (tertiary/aromatic N) is 3. The average molecular weight is 453 g/mol. The summed E-state index contributed by atoms with van der Waals surface area (Å²) in [5.74, 6) is 0.921. The molecule has 2 aromatic rings. The summed E-state index contributed by atoms with van der Waals surface area (Å²) in [5, 5.41) is 13.4. The van der Waals surface area contributed by atoms with Gasteiger partial charge in [-0.05, 0) is 55.7 Å². The average Bonchev–Trinajstić information content (AvgIpc) is 3.46. The molecule has 3 unspecified atom stereocenters. The Kier molecular flexibility index (Phi) is 7.40. The van der Waals surface area contributed by atoms with Crippen LogP contribution < -0.4 is 15.0 Å². The first kappa shape index (κ1) is 23.4. The van der Waals surface area contributed by atoms with Crippen molar-refractivity contribution in [2.45, 2.75) is 38.7 Å². The summed E-state index contributed by atoms with van der Waals surface area (Å²) in [6.45, 7) is 7.91. The van der Waals surface area contributed by atoms with E-state index >= 15 is 0 Å². The highest BCUT2D eigenvalue weighted by Crippen LogP contribution is 2.39. The summed E-state index contributed by atoms with van der Waals surface area (Å²) in [7, 11) is 0. The van der Waals surface area contributed by atoms with Gasteiger partial charge in [0.2, 0.25) is 0 Å². The minimum Gasteiger partial charge on any atom is -0.484 e. The maximum atomic E-state index is 14.5. The predicted molar refractivity (Wildman–Crippen MR) is 128 cm³/mol. The number of halogens is 1. The van der Waals surface area contributed by atoms with Crippen LogP contribution in [-0.2, 0) is 0 Å². The Morgan fingerprint density at radius 2 is 2.12 bits per heavy atom. The zero-order valence-corrected chi connectivity index (χ0v) is 19.4. The first-order chi connectivity index (χ1) is 16.0. The summed E-state index contributed by atoms with van der Waals surface area (Å²) in [6.07, 6.45) is 9.59. The van der Waals surface area contributed by atoms with Crippen LogP contribution in [0.25, 0.3) is 0 Å². The van der Waals surface area contributed by atoms with Crippen molar-refractivity contribution in [2.75, 3.05) is 37.7 Å². The van der Waals surface area contributed by atoms with Gasteiger partial charge in [-0.15, -0.1) is 0 Å². The molecule has 2 N–H and O–H groups in total. The van der Waals surface area contributed by atoms with Gasteiger partial charge in [0.25, 0.3) is 0 Å². The lowest BCUT2D eigenvalue weighted by Gasteiger charge is -2.24. The van der Waals surface area contributed by atoms with Crippen molar-refractivity contribution in [1.82, 2.24) is 15.3 Å². The second-order valence-corrected chi connectivity index (χ2v) is 9.17. The van der Waals surface area contributed by atoms with Crippen molar-refractivity contribution in [3.05, 3.63) is 72.0 Å². The number of ether oxygens (including phenoxy) is 1. The van der Waals surface area contributed by atoms with Crippen molar-refractivity contribution in [3.63, 3.8) is 0 Å². The standard InChI is InChI=1S/C26H33FN4O2/c1-19(22-7-3-4-8-23(22)20(2)32)14-21(27)6-5-13-33-24-15-29-18-30-25(24)31-12-10-26(17-31)9-11-28-16-26/h3-8,14-15,18-20,28,32H,9-13,16-17H2,1-2H3/b6-5-,21-14+. The molecule has 7 heteroatoms. The van der Waals surface area contributed by atoms with Gasteiger partial charge in [-0.25, -0.2) is 14.4 Å². The summed E-state index contributed by atoms with van der Waals surface area (Å²) in [4.78, 5) is 10.8. The number of hydrogen-bond acceptors (Lipinski definition) is 6. The van der Waals surface area contributed by atoms with Crippen molar-refractivity contribution < 1.29 is 14.2 Å². The molecule has 2 saturated heterocycles. The molecule has 2 fully saturated rings. The highest BCUT2D eigenvalue weighted by atomic mass is 19.1. The predicted octanol–water partition coefficient (Wildman–Crippen LogP) is 4.31. The number of aromatic nitrogens is 2. The van der Waals surface area contributed by atoms with Crippen LogP contribution in [0, 0.1) is 5.41 Å². The Morgan fingerprint density at radius 3 is 2.88 bits per heavy atom. The van der Waals surface area contributed by atoms with Gasteiger partial charge in [0.05, 0.1) is 12.3 Å². The lowest BCUT2D eigenvalue weighted by Crippen LogP contribution is -2.29. The molecule has 3 heterocycles. The van der Waals surface area contributed by atoms with Crippen molar-refractivity contribution in [2.24, 2.45) is 5.41 Å². The number of anilines is 1. The van der Waals surface area contributed by atoms with Crippen LogP contribution in [-0.4, -0.2) is 47.9 Å². The smallest absolute Gasteiger partial charge is 0.180 e. The van der Waals surface area contributed by atoms with Gasteiger partial charge in [0.1, 0.15) is 18.8 Å². The lowest BCUT2D eigenvalue weighted by molar-refractivity contribution is 0.198. The summed E-state index contributed by atoms with van der Waals surface area (Å²) < 4.78 is 20.4. The number of nitrogens with one attached hydrogen (secondary N) is 1. The molecule has 1 spiro atoms.